The lowest BCUT2D eigenvalue weighted by Crippen LogP contribution is -2.13. The highest BCUT2D eigenvalue weighted by Gasteiger charge is 2.31. The molecule has 2 rings (SSSR count). The predicted octanol–water partition coefficient (Wildman–Crippen LogP) is 3.07. The summed E-state index contributed by atoms with van der Waals surface area (Å²) in [7, 11) is -3.86. The Morgan fingerprint density at radius 1 is 1.21 bits per heavy atom. The Morgan fingerprint density at radius 3 is 2.46 bits per heavy atom. The van der Waals surface area contributed by atoms with Crippen molar-refractivity contribution in [2.45, 2.75) is 49.8 Å². The van der Waals surface area contributed by atoms with E-state index in [9.17, 15) is 13.2 Å². The topological polar surface area (TPSA) is 89.1 Å². The first-order valence-corrected chi connectivity index (χ1v) is 9.46. The summed E-state index contributed by atoms with van der Waals surface area (Å²) < 4.78 is 31.1. The number of esters is 1. The second kappa shape index (κ2) is 7.61. The van der Waals surface area contributed by atoms with Crippen LogP contribution in [-0.2, 0) is 21.0 Å². The third kappa shape index (κ3) is 3.67. The molecular weight excluding hydrogens is 328 g/mol. The molecule has 7 heteroatoms. The fourth-order valence-electron chi connectivity index (χ4n) is 2.35. The first kappa shape index (κ1) is 18.2. The molecule has 0 saturated carbocycles. The fraction of sp³-hybridized carbons (Fsp3) is 0.412. The second-order valence-electron chi connectivity index (χ2n) is 5.52. The lowest BCUT2D eigenvalue weighted by atomic mass is 10.2. The molecule has 0 fully saturated rings. The monoisotopic (exact) mass is 350 g/mol. The molecule has 0 bridgehead atoms. The van der Waals surface area contributed by atoms with Gasteiger partial charge in [0.25, 0.3) is 0 Å². The van der Waals surface area contributed by atoms with Gasteiger partial charge in [-0.25, -0.2) is 13.2 Å². The van der Waals surface area contributed by atoms with Crippen LogP contribution in [0.4, 0.5) is 0 Å². The van der Waals surface area contributed by atoms with Crippen LogP contribution < -0.4 is 0 Å². The summed E-state index contributed by atoms with van der Waals surface area (Å²) in [4.78, 5) is 12.2. The molecule has 2 aromatic rings. The molecule has 0 spiro atoms. The molecule has 130 valence electrons. The van der Waals surface area contributed by atoms with Gasteiger partial charge >= 0.3 is 5.97 Å². The number of unbranched alkanes of at least 4 members (excludes halogenated alkanes) is 1. The van der Waals surface area contributed by atoms with Gasteiger partial charge in [-0.1, -0.05) is 31.0 Å². The van der Waals surface area contributed by atoms with Gasteiger partial charge in [-0.15, -0.1) is 0 Å². The van der Waals surface area contributed by atoms with Crippen LogP contribution in [0.3, 0.4) is 0 Å². The number of H-pyrrole nitrogens is 1. The summed E-state index contributed by atoms with van der Waals surface area (Å²) in [6, 6.07) is 6.53. The van der Waals surface area contributed by atoms with Gasteiger partial charge in [-0.3, -0.25) is 5.10 Å². The zero-order valence-electron chi connectivity index (χ0n) is 14.1. The minimum Gasteiger partial charge on any atom is -0.461 e. The number of aromatic nitrogens is 2. The Labute approximate surface area is 142 Å². The number of benzene rings is 1. The van der Waals surface area contributed by atoms with Crippen LogP contribution in [0.5, 0.6) is 0 Å². The Balaban J connectivity index is 2.57. The average molecular weight is 350 g/mol. The van der Waals surface area contributed by atoms with Crippen molar-refractivity contribution in [1.82, 2.24) is 10.2 Å². The molecule has 0 saturated heterocycles. The first-order valence-electron chi connectivity index (χ1n) is 7.97. The van der Waals surface area contributed by atoms with Gasteiger partial charge in [-0.2, -0.15) is 5.10 Å². The minimum atomic E-state index is -3.86. The van der Waals surface area contributed by atoms with Crippen LogP contribution in [0.25, 0.3) is 0 Å². The van der Waals surface area contributed by atoms with E-state index in [0.717, 1.165) is 18.4 Å². The van der Waals surface area contributed by atoms with E-state index >= 15 is 0 Å². The highest BCUT2D eigenvalue weighted by atomic mass is 32.2. The summed E-state index contributed by atoms with van der Waals surface area (Å²) in [5, 5.41) is 6.62. The summed E-state index contributed by atoms with van der Waals surface area (Å²) in [5.74, 6) is -0.734. The van der Waals surface area contributed by atoms with Crippen molar-refractivity contribution in [3.05, 3.63) is 41.2 Å². The zero-order valence-corrected chi connectivity index (χ0v) is 14.9. The standard InChI is InChI=1S/C17H22N2O4S/c1-4-6-7-14-16(15(19-18-14)17(20)23-5-2)24(21,22)13-10-8-12(3)9-11-13/h8-11H,4-7H2,1-3H3,(H,18,19). The molecule has 0 atom stereocenters. The molecule has 0 unspecified atom stereocenters. The van der Waals surface area contributed by atoms with Gasteiger partial charge < -0.3 is 4.74 Å². The molecule has 1 heterocycles. The van der Waals surface area contributed by atoms with Crippen LogP contribution in [0.2, 0.25) is 0 Å². The molecule has 0 aliphatic heterocycles. The van der Waals surface area contributed by atoms with Crippen LogP contribution >= 0.6 is 0 Å². The number of aryl methyl sites for hydroxylation is 2. The van der Waals surface area contributed by atoms with Crippen LogP contribution in [0.1, 0.15) is 48.4 Å². The molecule has 0 aliphatic rings. The van der Waals surface area contributed by atoms with Crippen molar-refractivity contribution < 1.29 is 17.9 Å². The Bertz CT molecular complexity index is 808. The fourth-order valence-corrected chi connectivity index (χ4v) is 3.94. The molecule has 0 amide bonds. The van der Waals surface area contributed by atoms with Gasteiger partial charge in [0.1, 0.15) is 4.90 Å². The number of carbonyl (C=O) groups excluding carboxylic acids is 1. The van der Waals surface area contributed by atoms with E-state index in [2.05, 4.69) is 10.2 Å². The number of hydrogen-bond acceptors (Lipinski definition) is 5. The number of nitrogens with zero attached hydrogens (tertiary/aromatic N) is 1. The number of rotatable bonds is 7. The van der Waals surface area contributed by atoms with E-state index in [4.69, 9.17) is 4.74 Å². The third-order valence-corrected chi connectivity index (χ3v) is 5.51. The normalized spacial score (nSPS) is 11.5. The van der Waals surface area contributed by atoms with E-state index in [1.54, 1.807) is 19.1 Å². The number of carbonyl (C=O) groups is 1. The maximum absolute atomic E-state index is 13.1. The van der Waals surface area contributed by atoms with Crippen molar-refractivity contribution in [2.75, 3.05) is 6.61 Å². The molecule has 6 nitrogen and oxygen atoms in total. The summed E-state index contributed by atoms with van der Waals surface area (Å²) in [6.07, 6.45) is 2.20. The molecule has 1 aromatic carbocycles. The lowest BCUT2D eigenvalue weighted by Gasteiger charge is -2.08. The number of ether oxygens (including phenoxy) is 1. The Hall–Kier alpha value is -2.15. The summed E-state index contributed by atoms with van der Waals surface area (Å²) >= 11 is 0. The summed E-state index contributed by atoms with van der Waals surface area (Å²) in [6.45, 7) is 5.71. The molecule has 1 N–H and O–H groups in total. The van der Waals surface area contributed by atoms with Gasteiger partial charge in [0, 0.05) is 0 Å². The molecule has 1 aromatic heterocycles. The van der Waals surface area contributed by atoms with Gasteiger partial charge in [-0.05, 0) is 38.8 Å². The van der Waals surface area contributed by atoms with Crippen molar-refractivity contribution in [2.24, 2.45) is 0 Å². The Morgan fingerprint density at radius 2 is 1.88 bits per heavy atom. The maximum atomic E-state index is 13.1. The highest BCUT2D eigenvalue weighted by molar-refractivity contribution is 7.91. The zero-order chi connectivity index (χ0) is 17.7. The van der Waals surface area contributed by atoms with Crippen molar-refractivity contribution in [3.8, 4) is 0 Å². The van der Waals surface area contributed by atoms with Crippen molar-refractivity contribution >= 4 is 15.8 Å². The van der Waals surface area contributed by atoms with E-state index in [-0.39, 0.29) is 22.1 Å². The Kier molecular flexibility index (Phi) is 5.77. The quantitative estimate of drug-likeness (QED) is 0.775. The highest BCUT2D eigenvalue weighted by Crippen LogP contribution is 2.28. The number of aromatic amines is 1. The van der Waals surface area contributed by atoms with E-state index < -0.39 is 15.8 Å². The van der Waals surface area contributed by atoms with Gasteiger partial charge in [0.05, 0.1) is 17.2 Å². The van der Waals surface area contributed by atoms with Crippen molar-refractivity contribution in [3.63, 3.8) is 0 Å². The van der Waals surface area contributed by atoms with Gasteiger partial charge in [0.2, 0.25) is 9.84 Å². The summed E-state index contributed by atoms with van der Waals surface area (Å²) in [5.41, 5.74) is 1.22. The van der Waals surface area contributed by atoms with Crippen molar-refractivity contribution in [1.29, 1.82) is 0 Å². The minimum absolute atomic E-state index is 0.0711. The number of sulfone groups is 1. The molecule has 24 heavy (non-hydrogen) atoms. The van der Waals surface area contributed by atoms with Crippen LogP contribution in [-0.4, -0.2) is 31.2 Å². The van der Waals surface area contributed by atoms with E-state index in [0.29, 0.717) is 12.1 Å². The van der Waals surface area contributed by atoms with Crippen LogP contribution in [0, 0.1) is 6.92 Å². The molecule has 0 aliphatic carbocycles. The van der Waals surface area contributed by atoms with Crippen LogP contribution in [0.15, 0.2) is 34.1 Å². The second-order valence-corrected chi connectivity index (χ2v) is 7.41. The maximum Gasteiger partial charge on any atom is 0.360 e. The first-order chi connectivity index (χ1) is 11.4. The van der Waals surface area contributed by atoms with Gasteiger partial charge in [0.15, 0.2) is 5.69 Å². The number of hydrogen-bond donors (Lipinski definition) is 1. The molecular formula is C17H22N2O4S. The average Bonchev–Trinajstić information content (AvgIpc) is 2.98. The number of nitrogens with one attached hydrogen (secondary N) is 1. The van der Waals surface area contributed by atoms with E-state index in [1.807, 2.05) is 13.8 Å². The smallest absolute Gasteiger partial charge is 0.360 e. The third-order valence-electron chi connectivity index (χ3n) is 3.64. The predicted molar refractivity (Wildman–Crippen MR) is 89.8 cm³/mol. The lowest BCUT2D eigenvalue weighted by molar-refractivity contribution is 0.0515. The SMILES string of the molecule is CCCCc1[nH]nc(C(=O)OCC)c1S(=O)(=O)c1ccc(C)cc1. The largest absolute Gasteiger partial charge is 0.461 e. The molecule has 0 radical (unpaired) electrons. The van der Waals surface area contributed by atoms with E-state index in [1.165, 1.54) is 12.1 Å².